The molecule has 1 N–H and O–H groups in total. The highest BCUT2D eigenvalue weighted by molar-refractivity contribution is 5.99. The molecule has 0 radical (unpaired) electrons. The zero-order valence-corrected chi connectivity index (χ0v) is 17.4. The van der Waals surface area contributed by atoms with E-state index in [-0.39, 0.29) is 29.8 Å². The van der Waals surface area contributed by atoms with Gasteiger partial charge in [0.1, 0.15) is 6.10 Å². The van der Waals surface area contributed by atoms with E-state index in [1.165, 1.54) is 0 Å². The van der Waals surface area contributed by atoms with Crippen molar-refractivity contribution in [2.24, 2.45) is 0 Å². The van der Waals surface area contributed by atoms with Crippen LogP contribution in [0, 0.1) is 0 Å². The predicted molar refractivity (Wildman–Crippen MR) is 108 cm³/mol. The Kier molecular flexibility index (Phi) is 5.62. The summed E-state index contributed by atoms with van der Waals surface area (Å²) in [6.45, 7) is 1.05. The summed E-state index contributed by atoms with van der Waals surface area (Å²) >= 11 is 0. The van der Waals surface area contributed by atoms with Crippen LogP contribution >= 0.6 is 0 Å². The van der Waals surface area contributed by atoms with Crippen LogP contribution in [0.15, 0.2) is 22.6 Å². The third-order valence-corrected chi connectivity index (χ3v) is 6.50. The molecule has 1 aromatic carbocycles. The smallest absolute Gasteiger partial charge is 0.314 e. The zero-order valence-electron chi connectivity index (χ0n) is 17.4. The highest BCUT2D eigenvalue weighted by Gasteiger charge is 2.39. The van der Waals surface area contributed by atoms with E-state index < -0.39 is 18.4 Å². The van der Waals surface area contributed by atoms with Crippen LogP contribution < -0.4 is 5.32 Å². The summed E-state index contributed by atoms with van der Waals surface area (Å²) in [7, 11) is 0. The third kappa shape index (κ3) is 3.87. The van der Waals surface area contributed by atoms with Crippen LogP contribution in [-0.4, -0.2) is 51.7 Å². The molecule has 1 aliphatic carbocycles. The molecule has 1 saturated heterocycles. The normalized spacial score (nSPS) is 25.4. The second kappa shape index (κ2) is 8.57. The summed E-state index contributed by atoms with van der Waals surface area (Å²) in [5.74, 6) is -1.04. The molecule has 3 aliphatic rings. The second-order valence-corrected chi connectivity index (χ2v) is 8.52. The molecular formula is C22H24F2N4O4. The largest absolute Gasteiger partial charge is 0.415 e. The van der Waals surface area contributed by atoms with Crippen molar-refractivity contribution in [2.75, 3.05) is 6.61 Å². The molecule has 2 aliphatic heterocycles. The summed E-state index contributed by atoms with van der Waals surface area (Å²) < 4.78 is 36.1. The van der Waals surface area contributed by atoms with Crippen molar-refractivity contribution in [2.45, 2.75) is 69.7 Å². The van der Waals surface area contributed by atoms with Crippen LogP contribution in [0.25, 0.3) is 11.5 Å². The molecule has 2 aromatic rings. The minimum Gasteiger partial charge on any atom is -0.415 e. The van der Waals surface area contributed by atoms with Crippen molar-refractivity contribution >= 4 is 11.8 Å². The van der Waals surface area contributed by atoms with E-state index in [0.29, 0.717) is 24.3 Å². The fourth-order valence-electron chi connectivity index (χ4n) is 4.88. The van der Waals surface area contributed by atoms with Crippen molar-refractivity contribution in [1.29, 1.82) is 0 Å². The lowest BCUT2D eigenvalue weighted by Gasteiger charge is -2.38. The van der Waals surface area contributed by atoms with E-state index in [1.54, 1.807) is 18.2 Å². The molecule has 0 spiro atoms. The Morgan fingerprint density at radius 1 is 1.16 bits per heavy atom. The number of nitrogens with one attached hydrogen (secondary N) is 1. The fraction of sp³-hybridized carbons (Fsp3) is 0.545. The molecule has 2 amide bonds. The van der Waals surface area contributed by atoms with Crippen LogP contribution in [0.1, 0.15) is 66.8 Å². The van der Waals surface area contributed by atoms with Gasteiger partial charge in [0.2, 0.25) is 11.8 Å². The molecule has 8 nitrogen and oxygen atoms in total. The van der Waals surface area contributed by atoms with E-state index in [2.05, 4.69) is 15.5 Å². The van der Waals surface area contributed by atoms with Crippen molar-refractivity contribution in [1.82, 2.24) is 20.4 Å². The number of hydrogen-bond donors (Lipinski definition) is 1. The highest BCUT2D eigenvalue weighted by atomic mass is 19.3. The van der Waals surface area contributed by atoms with Gasteiger partial charge in [0.05, 0.1) is 6.04 Å². The van der Waals surface area contributed by atoms with Gasteiger partial charge in [-0.2, -0.15) is 8.78 Å². The molecule has 3 heterocycles. The summed E-state index contributed by atoms with van der Waals surface area (Å²) in [5.41, 5.74) is 1.77. The van der Waals surface area contributed by atoms with Gasteiger partial charge in [0.15, 0.2) is 0 Å². The number of amides is 2. The molecule has 32 heavy (non-hydrogen) atoms. The van der Waals surface area contributed by atoms with Crippen LogP contribution in [0.5, 0.6) is 0 Å². The van der Waals surface area contributed by atoms with Crippen LogP contribution in [0.4, 0.5) is 8.78 Å². The molecule has 0 unspecified atom stereocenters. The van der Waals surface area contributed by atoms with E-state index in [9.17, 15) is 18.4 Å². The molecule has 2 fully saturated rings. The van der Waals surface area contributed by atoms with Crippen molar-refractivity contribution in [3.05, 3.63) is 35.2 Å². The monoisotopic (exact) mass is 446 g/mol. The van der Waals surface area contributed by atoms with Crippen LogP contribution in [0.2, 0.25) is 0 Å². The SMILES string of the molecule is O=C(N[C@@H]1CCCC[C@H]1N1Cc2ccc(-c3nnc(C(F)F)o3)cc2C1=O)[C@H]1CCCO1. The minimum absolute atomic E-state index is 0.0475. The highest BCUT2D eigenvalue weighted by Crippen LogP contribution is 2.34. The number of halogens is 2. The topological polar surface area (TPSA) is 97.6 Å². The van der Waals surface area contributed by atoms with E-state index >= 15 is 0 Å². The molecule has 0 bridgehead atoms. The van der Waals surface area contributed by atoms with Gasteiger partial charge in [-0.3, -0.25) is 9.59 Å². The Labute approximate surface area is 183 Å². The first-order valence-corrected chi connectivity index (χ1v) is 11.0. The van der Waals surface area contributed by atoms with Gasteiger partial charge in [-0.05, 0) is 43.4 Å². The lowest BCUT2D eigenvalue weighted by molar-refractivity contribution is -0.131. The number of nitrogens with zero attached hydrogens (tertiary/aromatic N) is 3. The maximum Gasteiger partial charge on any atom is 0.314 e. The molecule has 5 rings (SSSR count). The van der Waals surface area contributed by atoms with Crippen molar-refractivity contribution in [3.8, 4) is 11.5 Å². The second-order valence-electron chi connectivity index (χ2n) is 8.52. The first kappa shape index (κ1) is 21.0. The van der Waals surface area contributed by atoms with E-state index in [4.69, 9.17) is 9.15 Å². The maximum absolute atomic E-state index is 13.3. The van der Waals surface area contributed by atoms with Crippen LogP contribution in [0.3, 0.4) is 0 Å². The number of aromatic nitrogens is 2. The molecule has 1 aromatic heterocycles. The fourth-order valence-corrected chi connectivity index (χ4v) is 4.88. The molecule has 3 atom stereocenters. The number of benzene rings is 1. The Morgan fingerprint density at radius 2 is 2.00 bits per heavy atom. The molecular weight excluding hydrogens is 422 g/mol. The summed E-state index contributed by atoms with van der Waals surface area (Å²) in [6, 6.07) is 4.87. The zero-order chi connectivity index (χ0) is 22.2. The average Bonchev–Trinajstić information content (AvgIpc) is 3.55. The lowest BCUT2D eigenvalue weighted by Crippen LogP contribution is -2.55. The van der Waals surface area contributed by atoms with Gasteiger partial charge in [-0.1, -0.05) is 18.9 Å². The van der Waals surface area contributed by atoms with Gasteiger partial charge in [0, 0.05) is 30.3 Å². The minimum atomic E-state index is -2.85. The van der Waals surface area contributed by atoms with E-state index in [0.717, 1.165) is 44.1 Å². The molecule has 1 saturated carbocycles. The van der Waals surface area contributed by atoms with Gasteiger partial charge >= 0.3 is 6.43 Å². The van der Waals surface area contributed by atoms with Crippen molar-refractivity contribution < 1.29 is 27.5 Å². The number of fused-ring (bicyclic) bond motifs is 1. The molecule has 170 valence electrons. The number of rotatable bonds is 5. The number of carbonyl (C=O) groups excluding carboxylic acids is 2. The molecule has 10 heteroatoms. The van der Waals surface area contributed by atoms with Gasteiger partial charge in [-0.15, -0.1) is 10.2 Å². The first-order valence-electron chi connectivity index (χ1n) is 11.0. The first-order chi connectivity index (χ1) is 15.5. The predicted octanol–water partition coefficient (Wildman–Crippen LogP) is 3.24. The Balaban J connectivity index is 1.34. The summed E-state index contributed by atoms with van der Waals surface area (Å²) in [5, 5.41) is 10.1. The van der Waals surface area contributed by atoms with Gasteiger partial charge < -0.3 is 19.4 Å². The standard InChI is InChI=1S/C22H24F2N4O4/c23-18(24)21-27-26-20(32-21)12-7-8-13-11-28(22(30)14(13)10-12)16-5-2-1-4-15(16)25-19(29)17-6-3-9-31-17/h7-8,10,15-18H,1-6,9,11H2,(H,25,29)/t15-,16-,17-/m1/s1. The number of alkyl halides is 2. The average molecular weight is 446 g/mol. The van der Waals surface area contributed by atoms with Crippen molar-refractivity contribution in [3.63, 3.8) is 0 Å². The van der Waals surface area contributed by atoms with Crippen LogP contribution in [-0.2, 0) is 16.1 Å². The Morgan fingerprint density at radius 3 is 2.75 bits per heavy atom. The third-order valence-electron chi connectivity index (χ3n) is 6.50. The summed E-state index contributed by atoms with van der Waals surface area (Å²) in [6.07, 6.45) is 1.96. The number of ether oxygens (including phenoxy) is 1. The Hall–Kier alpha value is -2.88. The number of carbonyl (C=O) groups is 2. The quantitative estimate of drug-likeness (QED) is 0.757. The lowest BCUT2D eigenvalue weighted by atomic mass is 9.89. The number of hydrogen-bond acceptors (Lipinski definition) is 6. The summed E-state index contributed by atoms with van der Waals surface area (Å²) in [4.78, 5) is 27.7. The van der Waals surface area contributed by atoms with E-state index in [1.807, 2.05) is 4.90 Å². The van der Waals surface area contributed by atoms with Gasteiger partial charge in [0.25, 0.3) is 11.8 Å². The van der Waals surface area contributed by atoms with Gasteiger partial charge in [-0.25, -0.2) is 0 Å². The Bertz CT molecular complexity index is 1020. The maximum atomic E-state index is 13.3.